The molecule has 3 rings (SSSR count). The molecule has 0 unspecified atom stereocenters. The molecule has 0 bridgehead atoms. The van der Waals surface area contributed by atoms with Gasteiger partial charge in [-0.15, -0.1) is 0 Å². The second kappa shape index (κ2) is 14.2. The lowest BCUT2D eigenvalue weighted by Crippen LogP contribution is -2.53. The average Bonchev–Trinajstić information content (AvgIpc) is 2.91. The van der Waals surface area contributed by atoms with Crippen molar-refractivity contribution in [2.75, 3.05) is 23.7 Å². The third kappa shape index (κ3) is 9.21. The zero-order chi connectivity index (χ0) is 30.3. The molecule has 0 aromatic heterocycles. The molecule has 0 aliphatic heterocycles. The molecule has 1 atom stereocenters. The van der Waals surface area contributed by atoms with Crippen molar-refractivity contribution in [3.63, 3.8) is 0 Å². The highest BCUT2D eigenvalue weighted by molar-refractivity contribution is 7.92. The van der Waals surface area contributed by atoms with Crippen LogP contribution in [-0.4, -0.2) is 50.5 Å². The molecule has 0 radical (unpaired) electrons. The molecule has 10 heteroatoms. The van der Waals surface area contributed by atoms with Gasteiger partial charge in [0.25, 0.3) is 0 Å². The first-order chi connectivity index (χ1) is 19.3. The zero-order valence-corrected chi connectivity index (χ0v) is 26.4. The molecule has 41 heavy (non-hydrogen) atoms. The first-order valence-corrected chi connectivity index (χ1v) is 16.0. The minimum atomic E-state index is -3.84. The fourth-order valence-electron chi connectivity index (χ4n) is 4.31. The maximum absolute atomic E-state index is 14.1. The monoisotopic (exact) mass is 617 g/mol. The van der Waals surface area contributed by atoms with E-state index in [0.717, 1.165) is 27.3 Å². The van der Waals surface area contributed by atoms with Crippen molar-refractivity contribution < 1.29 is 18.0 Å². The van der Waals surface area contributed by atoms with Gasteiger partial charge in [0, 0.05) is 19.5 Å². The Morgan fingerprint density at radius 3 is 2.15 bits per heavy atom. The highest BCUT2D eigenvalue weighted by Crippen LogP contribution is 2.26. The summed E-state index contributed by atoms with van der Waals surface area (Å²) in [5.74, 6) is -0.658. The lowest BCUT2D eigenvalue weighted by molar-refractivity contribution is -0.140. The Morgan fingerprint density at radius 1 is 0.878 bits per heavy atom. The summed E-state index contributed by atoms with van der Waals surface area (Å²) >= 11 is 12.4. The number of aryl methyl sites for hydroxylation is 2. The van der Waals surface area contributed by atoms with Gasteiger partial charge in [0.05, 0.1) is 22.0 Å². The number of nitrogens with one attached hydrogen (secondary N) is 1. The highest BCUT2D eigenvalue weighted by Gasteiger charge is 2.33. The van der Waals surface area contributed by atoms with Gasteiger partial charge in [0.15, 0.2) is 0 Å². The molecular formula is C31H37Cl2N3O4S. The molecule has 0 spiro atoms. The van der Waals surface area contributed by atoms with E-state index in [1.807, 2.05) is 64.1 Å². The minimum absolute atomic E-state index is 0.0207. The van der Waals surface area contributed by atoms with Crippen LogP contribution in [0.15, 0.2) is 66.7 Å². The number of halogens is 2. The van der Waals surface area contributed by atoms with Crippen LogP contribution in [0, 0.1) is 19.8 Å². The molecule has 3 aromatic carbocycles. The number of hydrogen-bond donors (Lipinski definition) is 1. The molecule has 0 aliphatic rings. The predicted molar refractivity (Wildman–Crippen MR) is 167 cm³/mol. The topological polar surface area (TPSA) is 86.8 Å². The van der Waals surface area contributed by atoms with Crippen LogP contribution in [0.3, 0.4) is 0 Å². The van der Waals surface area contributed by atoms with Crippen LogP contribution in [0.25, 0.3) is 0 Å². The van der Waals surface area contributed by atoms with Crippen molar-refractivity contribution in [2.24, 2.45) is 5.92 Å². The maximum Gasteiger partial charge on any atom is 0.244 e. The van der Waals surface area contributed by atoms with E-state index in [0.29, 0.717) is 27.8 Å². The van der Waals surface area contributed by atoms with Gasteiger partial charge in [0.1, 0.15) is 12.6 Å². The molecule has 0 saturated carbocycles. The number of anilines is 1. The van der Waals surface area contributed by atoms with E-state index in [-0.39, 0.29) is 24.8 Å². The van der Waals surface area contributed by atoms with E-state index < -0.39 is 28.5 Å². The quantitative estimate of drug-likeness (QED) is 0.279. The Bertz CT molecular complexity index is 1480. The molecule has 220 valence electrons. The molecule has 0 aliphatic carbocycles. The second-order valence-corrected chi connectivity index (χ2v) is 13.4. The average molecular weight is 619 g/mol. The Morgan fingerprint density at radius 2 is 1.56 bits per heavy atom. The number of amides is 2. The van der Waals surface area contributed by atoms with Gasteiger partial charge in [-0.05, 0) is 66.3 Å². The minimum Gasteiger partial charge on any atom is -0.354 e. The van der Waals surface area contributed by atoms with E-state index in [1.54, 1.807) is 30.3 Å². The van der Waals surface area contributed by atoms with E-state index in [1.165, 1.54) is 4.90 Å². The van der Waals surface area contributed by atoms with Crippen LogP contribution in [0.2, 0.25) is 10.0 Å². The van der Waals surface area contributed by atoms with Crippen molar-refractivity contribution in [1.29, 1.82) is 0 Å². The first-order valence-electron chi connectivity index (χ1n) is 13.4. The second-order valence-electron chi connectivity index (χ2n) is 10.7. The summed E-state index contributed by atoms with van der Waals surface area (Å²) in [7, 11) is -3.84. The van der Waals surface area contributed by atoms with E-state index in [9.17, 15) is 18.0 Å². The predicted octanol–water partition coefficient (Wildman–Crippen LogP) is 5.79. The lowest BCUT2D eigenvalue weighted by atomic mass is 10.0. The number of benzene rings is 3. The number of carbonyl (C=O) groups is 2. The van der Waals surface area contributed by atoms with Crippen molar-refractivity contribution in [1.82, 2.24) is 10.2 Å². The maximum atomic E-state index is 14.1. The Balaban J connectivity index is 2.07. The SMILES string of the molecule is Cc1ccc(N(CC(=O)N(Cc2ccc(Cl)c(Cl)c2)[C@@H](Cc2ccccc2)C(=O)NCC(C)C)S(C)(=O)=O)cc1C. The molecule has 1 N–H and O–H groups in total. The first kappa shape index (κ1) is 32.4. The fourth-order valence-corrected chi connectivity index (χ4v) is 5.47. The fraction of sp³-hybridized carbons (Fsp3) is 0.355. The Hall–Kier alpha value is -3.07. The van der Waals surface area contributed by atoms with Gasteiger partial charge >= 0.3 is 0 Å². The molecular weight excluding hydrogens is 581 g/mol. The third-order valence-electron chi connectivity index (χ3n) is 6.75. The van der Waals surface area contributed by atoms with Gasteiger partial charge in [-0.2, -0.15) is 0 Å². The van der Waals surface area contributed by atoms with Gasteiger partial charge in [0.2, 0.25) is 21.8 Å². The molecule has 0 heterocycles. The summed E-state index contributed by atoms with van der Waals surface area (Å²) in [4.78, 5) is 29.2. The van der Waals surface area contributed by atoms with Crippen LogP contribution in [-0.2, 0) is 32.6 Å². The van der Waals surface area contributed by atoms with Gasteiger partial charge in [-0.25, -0.2) is 8.42 Å². The summed E-state index contributed by atoms with van der Waals surface area (Å²) in [5, 5.41) is 3.64. The van der Waals surface area contributed by atoms with Crippen molar-refractivity contribution in [3.05, 3.63) is 99.0 Å². The standard InChI is InChI=1S/C31H37Cl2N3O4S/c1-21(2)18-34-31(38)29(17-24-9-7-6-8-10-24)35(19-25-12-14-27(32)28(33)16-25)30(37)20-36(41(5,39)40)26-13-11-22(3)23(4)15-26/h6-16,21,29H,17-20H2,1-5H3,(H,34,38)/t29-/m0/s1. The molecule has 0 fully saturated rings. The largest absolute Gasteiger partial charge is 0.354 e. The summed E-state index contributed by atoms with van der Waals surface area (Å²) in [6.07, 6.45) is 1.30. The van der Waals surface area contributed by atoms with Crippen LogP contribution in [0.1, 0.15) is 36.1 Å². The molecule has 3 aromatic rings. The van der Waals surface area contributed by atoms with Crippen LogP contribution >= 0.6 is 23.2 Å². The van der Waals surface area contributed by atoms with Crippen LogP contribution < -0.4 is 9.62 Å². The normalized spacial score (nSPS) is 12.2. The number of rotatable bonds is 12. The van der Waals surface area contributed by atoms with Gasteiger partial charge in [-0.3, -0.25) is 13.9 Å². The van der Waals surface area contributed by atoms with E-state index in [4.69, 9.17) is 23.2 Å². The zero-order valence-electron chi connectivity index (χ0n) is 24.0. The van der Waals surface area contributed by atoms with Gasteiger partial charge < -0.3 is 10.2 Å². The molecule has 2 amide bonds. The highest BCUT2D eigenvalue weighted by atomic mass is 35.5. The number of nitrogens with zero attached hydrogens (tertiary/aromatic N) is 2. The number of sulfonamides is 1. The molecule has 7 nitrogen and oxygen atoms in total. The van der Waals surface area contributed by atoms with Crippen molar-refractivity contribution in [3.8, 4) is 0 Å². The summed E-state index contributed by atoms with van der Waals surface area (Å²) < 4.78 is 27.0. The van der Waals surface area contributed by atoms with Crippen molar-refractivity contribution >= 4 is 50.7 Å². The summed E-state index contributed by atoms with van der Waals surface area (Å²) in [5.41, 5.74) is 3.78. The lowest BCUT2D eigenvalue weighted by Gasteiger charge is -2.33. The number of hydrogen-bond acceptors (Lipinski definition) is 4. The summed E-state index contributed by atoms with van der Waals surface area (Å²) in [6, 6.07) is 18.7. The Labute approximate surface area is 253 Å². The molecule has 0 saturated heterocycles. The summed E-state index contributed by atoms with van der Waals surface area (Å²) in [6.45, 7) is 7.75. The third-order valence-corrected chi connectivity index (χ3v) is 8.63. The van der Waals surface area contributed by atoms with Crippen molar-refractivity contribution in [2.45, 2.75) is 46.7 Å². The van der Waals surface area contributed by atoms with E-state index >= 15 is 0 Å². The van der Waals surface area contributed by atoms with Gasteiger partial charge in [-0.1, -0.05) is 79.5 Å². The van der Waals surface area contributed by atoms with Crippen LogP contribution in [0.5, 0.6) is 0 Å². The van der Waals surface area contributed by atoms with E-state index in [2.05, 4.69) is 5.32 Å². The smallest absolute Gasteiger partial charge is 0.244 e. The number of carbonyl (C=O) groups excluding carboxylic acids is 2. The Kier molecular flexibility index (Phi) is 11.2. The van der Waals surface area contributed by atoms with Crippen LogP contribution in [0.4, 0.5) is 5.69 Å².